The fraction of sp³-hybridized carbons (Fsp3) is 0.462. The van der Waals surface area contributed by atoms with Gasteiger partial charge in [0.2, 0.25) is 0 Å². The van der Waals surface area contributed by atoms with E-state index in [1.807, 2.05) is 6.07 Å². The lowest BCUT2D eigenvalue weighted by Gasteiger charge is -2.34. The predicted molar refractivity (Wildman–Crippen MR) is 72.9 cm³/mol. The number of nitrogens with zero attached hydrogens (tertiary/aromatic N) is 3. The first-order chi connectivity index (χ1) is 9.22. The van der Waals surface area contributed by atoms with E-state index in [2.05, 4.69) is 15.0 Å². The number of hydrogen-bond acceptors (Lipinski definition) is 6. The van der Waals surface area contributed by atoms with Gasteiger partial charge in [0.05, 0.1) is 10.6 Å². The second-order valence-electron chi connectivity index (χ2n) is 5.44. The molecule has 2 N–H and O–H groups in total. The maximum Gasteiger partial charge on any atom is 0.317 e. The number of rotatable bonds is 3. The summed E-state index contributed by atoms with van der Waals surface area (Å²) in [6, 6.07) is 2.31. The second kappa shape index (κ2) is 3.90. The van der Waals surface area contributed by atoms with Crippen molar-refractivity contribution in [3.63, 3.8) is 0 Å². The van der Waals surface area contributed by atoms with Crippen LogP contribution in [0.1, 0.15) is 25.7 Å². The molecular formula is C13H14N4OS. The maximum absolute atomic E-state index is 5.83. The van der Waals surface area contributed by atoms with Crippen molar-refractivity contribution in [2.24, 2.45) is 5.41 Å². The molecule has 5 nitrogen and oxygen atoms in total. The summed E-state index contributed by atoms with van der Waals surface area (Å²) in [5.74, 6) is 0. The molecule has 2 fully saturated rings. The predicted octanol–water partition coefficient (Wildman–Crippen LogP) is 2.50. The van der Waals surface area contributed by atoms with Crippen molar-refractivity contribution in [1.82, 2.24) is 15.0 Å². The van der Waals surface area contributed by atoms with Gasteiger partial charge in [0, 0.05) is 12.4 Å². The molecule has 0 aliphatic heterocycles. The normalized spacial score (nSPS) is 20.2. The summed E-state index contributed by atoms with van der Waals surface area (Å²) in [5, 5.41) is 0.547. The Balaban J connectivity index is 1.50. The minimum absolute atomic E-state index is 0.296. The van der Waals surface area contributed by atoms with Gasteiger partial charge in [-0.25, -0.2) is 9.97 Å². The topological polar surface area (TPSA) is 73.9 Å². The highest BCUT2D eigenvalue weighted by Gasteiger charge is 2.54. The average Bonchev–Trinajstić information content (AvgIpc) is 3.04. The van der Waals surface area contributed by atoms with Crippen molar-refractivity contribution in [2.75, 3.05) is 5.73 Å². The zero-order chi connectivity index (χ0) is 12.9. The van der Waals surface area contributed by atoms with E-state index in [0.29, 0.717) is 22.7 Å². The van der Waals surface area contributed by atoms with E-state index >= 15 is 0 Å². The van der Waals surface area contributed by atoms with Crippen LogP contribution < -0.4 is 10.5 Å². The van der Waals surface area contributed by atoms with Gasteiger partial charge in [-0.05, 0) is 37.2 Å². The number of anilines is 1. The monoisotopic (exact) mass is 274 g/mol. The number of ether oxygens (including phenoxy) is 1. The fourth-order valence-electron chi connectivity index (χ4n) is 2.66. The van der Waals surface area contributed by atoms with Gasteiger partial charge in [-0.2, -0.15) is 4.98 Å². The number of thiazole rings is 1. The molecule has 0 atom stereocenters. The molecule has 2 aromatic heterocycles. The first kappa shape index (κ1) is 11.2. The largest absolute Gasteiger partial charge is 0.460 e. The molecule has 6 heteroatoms. The minimum atomic E-state index is 0.296. The summed E-state index contributed by atoms with van der Waals surface area (Å²) in [5.41, 5.74) is 7.09. The van der Waals surface area contributed by atoms with Crippen molar-refractivity contribution < 1.29 is 4.74 Å². The molecule has 2 aliphatic carbocycles. The number of nitrogen functional groups attached to an aromatic ring is 1. The summed E-state index contributed by atoms with van der Waals surface area (Å²) in [4.78, 5) is 13.6. The molecule has 0 saturated heterocycles. The molecule has 98 valence electrons. The SMILES string of the molecule is Nc1ncc(-c2ccnc(OC3CC4(CC4)C3)n2)s1. The highest BCUT2D eigenvalue weighted by molar-refractivity contribution is 7.18. The Hall–Kier alpha value is -1.69. The Labute approximate surface area is 114 Å². The van der Waals surface area contributed by atoms with Crippen molar-refractivity contribution in [1.29, 1.82) is 0 Å². The Morgan fingerprint density at radius 3 is 2.84 bits per heavy atom. The van der Waals surface area contributed by atoms with Crippen LogP contribution in [0, 0.1) is 5.41 Å². The fourth-order valence-corrected chi connectivity index (χ4v) is 3.32. The maximum atomic E-state index is 5.83. The molecular weight excluding hydrogens is 260 g/mol. The zero-order valence-electron chi connectivity index (χ0n) is 10.4. The quantitative estimate of drug-likeness (QED) is 0.930. The van der Waals surface area contributed by atoms with Gasteiger partial charge in [0.15, 0.2) is 5.13 Å². The summed E-state index contributed by atoms with van der Waals surface area (Å²) < 4.78 is 5.83. The average molecular weight is 274 g/mol. The molecule has 0 bridgehead atoms. The number of aromatic nitrogens is 3. The number of nitrogens with two attached hydrogens (primary N) is 1. The Bertz CT molecular complexity index is 615. The molecule has 0 aromatic carbocycles. The Morgan fingerprint density at radius 1 is 1.32 bits per heavy atom. The van der Waals surface area contributed by atoms with Gasteiger partial charge < -0.3 is 10.5 Å². The molecule has 2 saturated carbocycles. The highest BCUT2D eigenvalue weighted by atomic mass is 32.1. The lowest BCUT2D eigenvalue weighted by Crippen LogP contribution is -2.35. The van der Waals surface area contributed by atoms with E-state index in [0.717, 1.165) is 23.4 Å². The van der Waals surface area contributed by atoms with E-state index in [9.17, 15) is 0 Å². The standard InChI is InChI=1S/C13H14N4OS/c14-11-16-7-10(19-11)9-1-4-15-12(17-9)18-8-5-13(6-8)2-3-13/h1,4,7-8H,2-3,5-6H2,(H2,14,16). The number of hydrogen-bond donors (Lipinski definition) is 1. The van der Waals surface area contributed by atoms with E-state index in [1.54, 1.807) is 12.4 Å². The van der Waals surface area contributed by atoms with Gasteiger partial charge >= 0.3 is 6.01 Å². The molecule has 19 heavy (non-hydrogen) atoms. The lowest BCUT2D eigenvalue weighted by atomic mass is 9.79. The molecule has 2 aliphatic rings. The third kappa shape index (κ3) is 2.06. The van der Waals surface area contributed by atoms with Gasteiger partial charge in [-0.1, -0.05) is 11.3 Å². The van der Waals surface area contributed by atoms with Crippen LogP contribution in [0.2, 0.25) is 0 Å². The molecule has 1 spiro atoms. The van der Waals surface area contributed by atoms with E-state index in [-0.39, 0.29) is 0 Å². The highest BCUT2D eigenvalue weighted by Crippen LogP contribution is 2.61. The zero-order valence-corrected chi connectivity index (χ0v) is 11.2. The van der Waals surface area contributed by atoms with Crippen molar-refractivity contribution >= 4 is 16.5 Å². The molecule has 0 unspecified atom stereocenters. The molecule has 0 radical (unpaired) electrons. The first-order valence-electron chi connectivity index (χ1n) is 6.44. The third-order valence-electron chi connectivity index (χ3n) is 3.96. The molecule has 2 aromatic rings. The molecule has 4 rings (SSSR count). The van der Waals surface area contributed by atoms with E-state index < -0.39 is 0 Å². The van der Waals surface area contributed by atoms with Crippen LogP contribution in [0.25, 0.3) is 10.6 Å². The first-order valence-corrected chi connectivity index (χ1v) is 7.26. The van der Waals surface area contributed by atoms with Crippen LogP contribution in [0.15, 0.2) is 18.5 Å². The van der Waals surface area contributed by atoms with E-state index in [4.69, 9.17) is 10.5 Å². The van der Waals surface area contributed by atoms with Gasteiger partial charge in [-0.3, -0.25) is 0 Å². The van der Waals surface area contributed by atoms with Crippen LogP contribution in [-0.2, 0) is 0 Å². The molecule has 2 heterocycles. The van der Waals surface area contributed by atoms with Crippen LogP contribution in [0.3, 0.4) is 0 Å². The van der Waals surface area contributed by atoms with Gasteiger partial charge in [-0.15, -0.1) is 0 Å². The summed E-state index contributed by atoms with van der Waals surface area (Å²) >= 11 is 1.42. The van der Waals surface area contributed by atoms with Crippen LogP contribution in [-0.4, -0.2) is 21.1 Å². The Kier molecular flexibility index (Phi) is 2.29. The van der Waals surface area contributed by atoms with Gasteiger partial charge in [0.25, 0.3) is 0 Å². The molecule has 0 amide bonds. The van der Waals surface area contributed by atoms with Crippen LogP contribution >= 0.6 is 11.3 Å². The van der Waals surface area contributed by atoms with Crippen molar-refractivity contribution in [3.05, 3.63) is 18.5 Å². The van der Waals surface area contributed by atoms with Crippen LogP contribution in [0.4, 0.5) is 5.13 Å². The van der Waals surface area contributed by atoms with Crippen LogP contribution in [0.5, 0.6) is 6.01 Å². The second-order valence-corrected chi connectivity index (χ2v) is 6.50. The van der Waals surface area contributed by atoms with E-state index in [1.165, 1.54) is 24.2 Å². The van der Waals surface area contributed by atoms with Gasteiger partial charge in [0.1, 0.15) is 6.10 Å². The third-order valence-corrected chi connectivity index (χ3v) is 4.81. The summed E-state index contributed by atoms with van der Waals surface area (Å²) in [6.07, 6.45) is 8.81. The summed E-state index contributed by atoms with van der Waals surface area (Å²) in [6.45, 7) is 0. The van der Waals surface area contributed by atoms with Crippen molar-refractivity contribution in [2.45, 2.75) is 31.8 Å². The lowest BCUT2D eigenvalue weighted by molar-refractivity contribution is 0.0427. The Morgan fingerprint density at radius 2 is 2.16 bits per heavy atom. The smallest absolute Gasteiger partial charge is 0.317 e. The minimum Gasteiger partial charge on any atom is -0.460 e. The van der Waals surface area contributed by atoms with Crippen molar-refractivity contribution in [3.8, 4) is 16.6 Å². The summed E-state index contributed by atoms with van der Waals surface area (Å²) in [7, 11) is 0.